The Bertz CT molecular complexity index is 681. The standard InChI is InChI=1S/C19H21NO2/c1-14-6-3-8-16(12-14)19(21)20-11-5-10-18(20)15-7-4-9-17(13-15)22-2/h3-4,6-9,12-13,18H,5,10-11H2,1-2H3. The molecule has 1 aliphatic rings. The van der Waals surface area contributed by atoms with Gasteiger partial charge < -0.3 is 9.64 Å². The molecule has 1 amide bonds. The summed E-state index contributed by atoms with van der Waals surface area (Å²) in [5.41, 5.74) is 3.04. The molecule has 1 saturated heterocycles. The molecule has 0 spiro atoms. The molecule has 0 N–H and O–H groups in total. The van der Waals surface area contributed by atoms with Crippen molar-refractivity contribution in [1.82, 2.24) is 4.90 Å². The lowest BCUT2D eigenvalue weighted by molar-refractivity contribution is 0.0735. The number of rotatable bonds is 3. The van der Waals surface area contributed by atoms with E-state index in [0.717, 1.165) is 41.8 Å². The van der Waals surface area contributed by atoms with E-state index in [1.54, 1.807) is 7.11 Å². The zero-order valence-electron chi connectivity index (χ0n) is 13.1. The molecule has 3 rings (SSSR count). The second-order valence-electron chi connectivity index (χ2n) is 5.80. The largest absolute Gasteiger partial charge is 0.497 e. The average molecular weight is 295 g/mol. The molecule has 0 bridgehead atoms. The summed E-state index contributed by atoms with van der Waals surface area (Å²) in [5, 5.41) is 0. The van der Waals surface area contributed by atoms with E-state index in [1.807, 2.05) is 54.3 Å². The van der Waals surface area contributed by atoms with Crippen LogP contribution < -0.4 is 4.74 Å². The summed E-state index contributed by atoms with van der Waals surface area (Å²) in [6, 6.07) is 16.0. The van der Waals surface area contributed by atoms with Crippen LogP contribution in [0.3, 0.4) is 0 Å². The predicted octanol–water partition coefficient (Wildman–Crippen LogP) is 3.98. The lowest BCUT2D eigenvalue weighted by Gasteiger charge is -2.25. The van der Waals surface area contributed by atoms with E-state index >= 15 is 0 Å². The van der Waals surface area contributed by atoms with Gasteiger partial charge in [-0.15, -0.1) is 0 Å². The lowest BCUT2D eigenvalue weighted by Crippen LogP contribution is -2.30. The van der Waals surface area contributed by atoms with E-state index in [0.29, 0.717) is 0 Å². The number of carbonyl (C=O) groups excluding carboxylic acids is 1. The number of hydrogen-bond acceptors (Lipinski definition) is 2. The van der Waals surface area contributed by atoms with Crippen LogP contribution in [0.1, 0.15) is 40.4 Å². The van der Waals surface area contributed by atoms with Crippen LogP contribution in [-0.2, 0) is 0 Å². The zero-order valence-corrected chi connectivity index (χ0v) is 13.1. The Hall–Kier alpha value is -2.29. The molecule has 22 heavy (non-hydrogen) atoms. The number of methoxy groups -OCH3 is 1. The van der Waals surface area contributed by atoms with Crippen LogP contribution in [0, 0.1) is 6.92 Å². The molecular weight excluding hydrogens is 274 g/mol. The van der Waals surface area contributed by atoms with Crippen molar-refractivity contribution in [3.63, 3.8) is 0 Å². The molecule has 3 nitrogen and oxygen atoms in total. The number of ether oxygens (including phenoxy) is 1. The van der Waals surface area contributed by atoms with Gasteiger partial charge in [0, 0.05) is 12.1 Å². The predicted molar refractivity (Wildman–Crippen MR) is 87.2 cm³/mol. The molecule has 1 fully saturated rings. The fraction of sp³-hybridized carbons (Fsp3) is 0.316. The molecule has 0 radical (unpaired) electrons. The zero-order chi connectivity index (χ0) is 15.5. The van der Waals surface area contributed by atoms with Gasteiger partial charge in [-0.1, -0.05) is 29.8 Å². The van der Waals surface area contributed by atoms with Crippen LogP contribution in [0.15, 0.2) is 48.5 Å². The number of carbonyl (C=O) groups is 1. The molecule has 1 heterocycles. The highest BCUT2D eigenvalue weighted by Crippen LogP contribution is 2.34. The van der Waals surface area contributed by atoms with Crippen molar-refractivity contribution in [3.05, 3.63) is 65.2 Å². The topological polar surface area (TPSA) is 29.5 Å². The molecule has 1 aliphatic heterocycles. The molecule has 3 heteroatoms. The molecule has 2 aromatic carbocycles. The van der Waals surface area contributed by atoms with Gasteiger partial charge in [0.15, 0.2) is 0 Å². The molecule has 0 aromatic heterocycles. The molecular formula is C19H21NO2. The van der Waals surface area contributed by atoms with Crippen molar-refractivity contribution in [2.75, 3.05) is 13.7 Å². The Balaban J connectivity index is 1.88. The molecule has 2 aromatic rings. The van der Waals surface area contributed by atoms with Gasteiger partial charge >= 0.3 is 0 Å². The number of hydrogen-bond donors (Lipinski definition) is 0. The first-order chi connectivity index (χ1) is 10.7. The van der Waals surface area contributed by atoms with Crippen molar-refractivity contribution in [2.45, 2.75) is 25.8 Å². The third-order valence-corrected chi connectivity index (χ3v) is 4.26. The van der Waals surface area contributed by atoms with Crippen LogP contribution >= 0.6 is 0 Å². The highest BCUT2D eigenvalue weighted by atomic mass is 16.5. The minimum Gasteiger partial charge on any atom is -0.497 e. The number of aryl methyl sites for hydroxylation is 1. The summed E-state index contributed by atoms with van der Waals surface area (Å²) in [6.45, 7) is 2.83. The van der Waals surface area contributed by atoms with Crippen LogP contribution in [0.5, 0.6) is 5.75 Å². The first kappa shape index (κ1) is 14.6. The Morgan fingerprint density at radius 3 is 2.77 bits per heavy atom. The van der Waals surface area contributed by atoms with Gasteiger partial charge in [0.2, 0.25) is 0 Å². The van der Waals surface area contributed by atoms with Crippen molar-refractivity contribution in [1.29, 1.82) is 0 Å². The maximum absolute atomic E-state index is 12.8. The van der Waals surface area contributed by atoms with Crippen molar-refractivity contribution in [3.8, 4) is 5.75 Å². The summed E-state index contributed by atoms with van der Waals surface area (Å²) in [4.78, 5) is 14.8. The summed E-state index contributed by atoms with van der Waals surface area (Å²) < 4.78 is 5.31. The van der Waals surface area contributed by atoms with Gasteiger partial charge in [0.05, 0.1) is 13.2 Å². The highest BCUT2D eigenvalue weighted by molar-refractivity contribution is 5.94. The van der Waals surface area contributed by atoms with E-state index < -0.39 is 0 Å². The Kier molecular flexibility index (Phi) is 4.14. The van der Waals surface area contributed by atoms with Gasteiger partial charge in [0.25, 0.3) is 5.91 Å². The van der Waals surface area contributed by atoms with E-state index in [-0.39, 0.29) is 11.9 Å². The summed E-state index contributed by atoms with van der Waals surface area (Å²) in [7, 11) is 1.67. The van der Waals surface area contributed by atoms with E-state index in [9.17, 15) is 4.79 Å². The van der Waals surface area contributed by atoms with Crippen molar-refractivity contribution < 1.29 is 9.53 Å². The molecule has 1 unspecified atom stereocenters. The number of likely N-dealkylation sites (tertiary alicyclic amines) is 1. The van der Waals surface area contributed by atoms with Gasteiger partial charge in [-0.25, -0.2) is 0 Å². The summed E-state index contributed by atoms with van der Waals surface area (Å²) in [6.07, 6.45) is 2.05. The first-order valence-electron chi connectivity index (χ1n) is 7.70. The fourth-order valence-corrected chi connectivity index (χ4v) is 3.15. The fourth-order valence-electron chi connectivity index (χ4n) is 3.15. The number of benzene rings is 2. The Morgan fingerprint density at radius 1 is 1.18 bits per heavy atom. The quantitative estimate of drug-likeness (QED) is 0.857. The highest BCUT2D eigenvalue weighted by Gasteiger charge is 2.30. The third kappa shape index (κ3) is 2.84. The Labute approximate surface area is 131 Å². The van der Waals surface area contributed by atoms with Crippen molar-refractivity contribution in [2.24, 2.45) is 0 Å². The van der Waals surface area contributed by atoms with Crippen LogP contribution in [-0.4, -0.2) is 24.5 Å². The van der Waals surface area contributed by atoms with E-state index in [2.05, 4.69) is 6.07 Å². The second kappa shape index (κ2) is 6.22. The number of nitrogens with zero attached hydrogens (tertiary/aromatic N) is 1. The third-order valence-electron chi connectivity index (χ3n) is 4.26. The monoisotopic (exact) mass is 295 g/mol. The SMILES string of the molecule is COc1cccc(C2CCCN2C(=O)c2cccc(C)c2)c1. The summed E-state index contributed by atoms with van der Waals surface area (Å²) in [5.74, 6) is 0.960. The smallest absolute Gasteiger partial charge is 0.254 e. The molecule has 114 valence electrons. The normalized spacial score (nSPS) is 17.5. The second-order valence-corrected chi connectivity index (χ2v) is 5.80. The van der Waals surface area contributed by atoms with Gasteiger partial charge in [0.1, 0.15) is 5.75 Å². The van der Waals surface area contributed by atoms with Gasteiger partial charge in [-0.05, 0) is 49.6 Å². The minimum atomic E-state index is 0.119. The maximum Gasteiger partial charge on any atom is 0.254 e. The van der Waals surface area contributed by atoms with E-state index in [1.165, 1.54) is 0 Å². The molecule has 0 aliphatic carbocycles. The lowest BCUT2D eigenvalue weighted by atomic mass is 10.0. The van der Waals surface area contributed by atoms with Crippen LogP contribution in [0.2, 0.25) is 0 Å². The Morgan fingerprint density at radius 2 is 2.00 bits per heavy atom. The maximum atomic E-state index is 12.8. The summed E-state index contributed by atoms with van der Waals surface area (Å²) >= 11 is 0. The molecule has 1 atom stereocenters. The van der Waals surface area contributed by atoms with Gasteiger partial charge in [-0.2, -0.15) is 0 Å². The van der Waals surface area contributed by atoms with E-state index in [4.69, 9.17) is 4.74 Å². The average Bonchev–Trinajstić information content (AvgIpc) is 3.04. The van der Waals surface area contributed by atoms with Gasteiger partial charge in [-0.3, -0.25) is 4.79 Å². The van der Waals surface area contributed by atoms with Crippen LogP contribution in [0.4, 0.5) is 0 Å². The van der Waals surface area contributed by atoms with Crippen LogP contribution in [0.25, 0.3) is 0 Å². The molecule has 0 saturated carbocycles. The number of amides is 1. The minimum absolute atomic E-state index is 0.119. The van der Waals surface area contributed by atoms with Crippen molar-refractivity contribution >= 4 is 5.91 Å². The first-order valence-corrected chi connectivity index (χ1v) is 7.70.